The number of aryl methyl sites for hydroxylation is 1. The quantitative estimate of drug-likeness (QED) is 0.326. The molecular weight excluding hydrogens is 396 g/mol. The number of fused-ring (bicyclic) bond motifs is 1. The van der Waals surface area contributed by atoms with Gasteiger partial charge in [-0.1, -0.05) is 48.2 Å². The van der Waals surface area contributed by atoms with E-state index in [0.717, 1.165) is 0 Å². The monoisotopic (exact) mass is 418 g/mol. The fourth-order valence-electron chi connectivity index (χ4n) is 3.31. The predicted molar refractivity (Wildman–Crippen MR) is 121 cm³/mol. The SMILES string of the molecule is COc1ccc(OC)c(-n2c(SCc3ccccc3C)nc3ccccc3c2=O)c1. The molecule has 6 heteroatoms. The van der Waals surface area contributed by atoms with Gasteiger partial charge in [-0.2, -0.15) is 0 Å². The summed E-state index contributed by atoms with van der Waals surface area (Å²) >= 11 is 1.53. The molecule has 0 fully saturated rings. The number of hydrogen-bond donors (Lipinski definition) is 0. The maximum atomic E-state index is 13.5. The van der Waals surface area contributed by atoms with Crippen molar-refractivity contribution in [2.45, 2.75) is 17.8 Å². The van der Waals surface area contributed by atoms with E-state index >= 15 is 0 Å². The first-order chi connectivity index (χ1) is 14.6. The van der Waals surface area contributed by atoms with Gasteiger partial charge in [0.1, 0.15) is 11.5 Å². The summed E-state index contributed by atoms with van der Waals surface area (Å²) in [6.45, 7) is 2.09. The Balaban J connectivity index is 1.91. The Hall–Kier alpha value is -3.25. The molecule has 0 saturated heterocycles. The van der Waals surface area contributed by atoms with Crippen LogP contribution in [0.25, 0.3) is 16.6 Å². The first-order valence-corrected chi connectivity index (χ1v) is 10.5. The summed E-state index contributed by atoms with van der Waals surface area (Å²) in [5.41, 5.74) is 3.55. The first-order valence-electron chi connectivity index (χ1n) is 9.54. The van der Waals surface area contributed by atoms with Crippen molar-refractivity contribution in [3.63, 3.8) is 0 Å². The minimum absolute atomic E-state index is 0.139. The average molecular weight is 419 g/mol. The molecule has 3 aromatic carbocycles. The van der Waals surface area contributed by atoms with Crippen LogP contribution in [-0.2, 0) is 5.75 Å². The van der Waals surface area contributed by atoms with Crippen LogP contribution < -0.4 is 15.0 Å². The van der Waals surface area contributed by atoms with Gasteiger partial charge in [0.05, 0.1) is 30.8 Å². The molecule has 4 aromatic rings. The molecule has 0 saturated carbocycles. The Kier molecular flexibility index (Phi) is 5.77. The standard InChI is InChI=1S/C24H22N2O3S/c1-16-8-4-5-9-17(16)15-30-24-25-20-11-7-6-10-19(20)23(27)26(24)21-14-18(28-2)12-13-22(21)29-3/h4-14H,15H2,1-3H3. The summed E-state index contributed by atoms with van der Waals surface area (Å²) in [5, 5.41) is 1.16. The van der Waals surface area contributed by atoms with E-state index in [1.807, 2.05) is 36.4 Å². The number of ether oxygens (including phenoxy) is 2. The van der Waals surface area contributed by atoms with Crippen molar-refractivity contribution in [1.82, 2.24) is 9.55 Å². The molecule has 152 valence electrons. The Morgan fingerprint density at radius 2 is 1.73 bits per heavy atom. The zero-order valence-corrected chi connectivity index (χ0v) is 17.9. The van der Waals surface area contributed by atoms with E-state index in [1.54, 1.807) is 37.0 Å². The van der Waals surface area contributed by atoms with Crippen molar-refractivity contribution in [3.8, 4) is 17.2 Å². The minimum Gasteiger partial charge on any atom is -0.497 e. The molecule has 0 spiro atoms. The molecular formula is C24H22N2O3S. The second-order valence-electron chi connectivity index (χ2n) is 6.81. The summed E-state index contributed by atoms with van der Waals surface area (Å²) in [7, 11) is 3.19. The number of nitrogens with zero attached hydrogens (tertiary/aromatic N) is 2. The summed E-state index contributed by atoms with van der Waals surface area (Å²) < 4.78 is 12.6. The molecule has 1 aromatic heterocycles. The molecule has 0 radical (unpaired) electrons. The molecule has 1 heterocycles. The van der Waals surface area contributed by atoms with Gasteiger partial charge in [-0.25, -0.2) is 4.98 Å². The van der Waals surface area contributed by atoms with Crippen LogP contribution in [0.5, 0.6) is 11.5 Å². The second-order valence-corrected chi connectivity index (χ2v) is 7.75. The van der Waals surface area contributed by atoms with Crippen LogP contribution >= 0.6 is 11.8 Å². The van der Waals surface area contributed by atoms with Gasteiger partial charge >= 0.3 is 0 Å². The van der Waals surface area contributed by atoms with Crippen molar-refractivity contribution in [1.29, 1.82) is 0 Å². The highest BCUT2D eigenvalue weighted by Crippen LogP contribution is 2.31. The number of hydrogen-bond acceptors (Lipinski definition) is 5. The van der Waals surface area contributed by atoms with E-state index < -0.39 is 0 Å². The van der Waals surface area contributed by atoms with E-state index in [9.17, 15) is 4.79 Å². The maximum Gasteiger partial charge on any atom is 0.266 e. The number of aromatic nitrogens is 2. The molecule has 0 atom stereocenters. The van der Waals surface area contributed by atoms with Crippen LogP contribution in [0.2, 0.25) is 0 Å². The van der Waals surface area contributed by atoms with Crippen molar-refractivity contribution < 1.29 is 9.47 Å². The van der Waals surface area contributed by atoms with E-state index in [2.05, 4.69) is 19.1 Å². The fourth-order valence-corrected chi connectivity index (χ4v) is 4.39. The van der Waals surface area contributed by atoms with Crippen LogP contribution in [0.3, 0.4) is 0 Å². The molecule has 0 aliphatic heterocycles. The molecule has 30 heavy (non-hydrogen) atoms. The normalized spacial score (nSPS) is 10.9. The molecule has 0 unspecified atom stereocenters. The summed E-state index contributed by atoms with van der Waals surface area (Å²) in [6, 6.07) is 21.0. The summed E-state index contributed by atoms with van der Waals surface area (Å²) in [4.78, 5) is 18.3. The maximum absolute atomic E-state index is 13.5. The summed E-state index contributed by atoms with van der Waals surface area (Å²) in [5.74, 6) is 1.91. The third-order valence-corrected chi connectivity index (χ3v) is 5.98. The van der Waals surface area contributed by atoms with E-state index in [1.165, 1.54) is 22.9 Å². The van der Waals surface area contributed by atoms with Gasteiger partial charge in [0.2, 0.25) is 0 Å². The molecule has 0 aliphatic rings. The van der Waals surface area contributed by atoms with E-state index in [0.29, 0.717) is 39.0 Å². The van der Waals surface area contributed by atoms with E-state index in [4.69, 9.17) is 14.5 Å². The van der Waals surface area contributed by atoms with Gasteiger partial charge in [-0.05, 0) is 42.3 Å². The molecule has 4 rings (SSSR count). The van der Waals surface area contributed by atoms with Gasteiger partial charge in [0, 0.05) is 11.8 Å². The van der Waals surface area contributed by atoms with Gasteiger partial charge in [0.25, 0.3) is 5.56 Å². The Labute approximate surface area is 179 Å². The minimum atomic E-state index is -0.139. The molecule has 0 aliphatic carbocycles. The van der Waals surface area contributed by atoms with Crippen LogP contribution in [0.4, 0.5) is 0 Å². The third kappa shape index (κ3) is 3.78. The van der Waals surface area contributed by atoms with Crippen molar-refractivity contribution in [3.05, 3.63) is 88.2 Å². The largest absolute Gasteiger partial charge is 0.497 e. The molecule has 5 nitrogen and oxygen atoms in total. The van der Waals surface area contributed by atoms with Gasteiger partial charge in [0.15, 0.2) is 5.16 Å². The predicted octanol–water partition coefficient (Wildman–Crippen LogP) is 5.00. The smallest absolute Gasteiger partial charge is 0.266 e. The molecule has 0 bridgehead atoms. The molecule has 0 N–H and O–H groups in total. The van der Waals surface area contributed by atoms with Crippen LogP contribution in [0.1, 0.15) is 11.1 Å². The van der Waals surface area contributed by atoms with Gasteiger partial charge < -0.3 is 9.47 Å². The number of benzene rings is 3. The topological polar surface area (TPSA) is 53.4 Å². The summed E-state index contributed by atoms with van der Waals surface area (Å²) in [6.07, 6.45) is 0. The highest BCUT2D eigenvalue weighted by molar-refractivity contribution is 7.98. The van der Waals surface area contributed by atoms with Gasteiger partial charge in [-0.15, -0.1) is 0 Å². The zero-order chi connectivity index (χ0) is 21.1. The number of methoxy groups -OCH3 is 2. The van der Waals surface area contributed by atoms with Crippen molar-refractivity contribution in [2.24, 2.45) is 0 Å². The highest BCUT2D eigenvalue weighted by atomic mass is 32.2. The van der Waals surface area contributed by atoms with Crippen LogP contribution in [-0.4, -0.2) is 23.8 Å². The van der Waals surface area contributed by atoms with E-state index in [-0.39, 0.29) is 5.56 Å². The Morgan fingerprint density at radius 1 is 0.967 bits per heavy atom. The number of rotatable bonds is 6. The fraction of sp³-hybridized carbons (Fsp3) is 0.167. The third-order valence-electron chi connectivity index (χ3n) is 4.99. The van der Waals surface area contributed by atoms with Crippen LogP contribution in [0.15, 0.2) is 76.7 Å². The number of para-hydroxylation sites is 1. The lowest BCUT2D eigenvalue weighted by Gasteiger charge is -2.17. The lowest BCUT2D eigenvalue weighted by molar-refractivity contribution is 0.400. The average Bonchev–Trinajstić information content (AvgIpc) is 2.78. The highest BCUT2D eigenvalue weighted by Gasteiger charge is 2.17. The Bertz CT molecular complexity index is 1270. The van der Waals surface area contributed by atoms with Crippen LogP contribution in [0, 0.1) is 6.92 Å². The zero-order valence-electron chi connectivity index (χ0n) is 17.1. The Morgan fingerprint density at radius 3 is 2.50 bits per heavy atom. The lowest BCUT2D eigenvalue weighted by atomic mass is 10.1. The van der Waals surface area contributed by atoms with Gasteiger partial charge in [-0.3, -0.25) is 9.36 Å². The number of thioether (sulfide) groups is 1. The lowest BCUT2D eigenvalue weighted by Crippen LogP contribution is -2.22. The van der Waals surface area contributed by atoms with Crippen molar-refractivity contribution in [2.75, 3.05) is 14.2 Å². The second kappa shape index (κ2) is 8.63. The first kappa shape index (κ1) is 20.0. The van der Waals surface area contributed by atoms with Crippen molar-refractivity contribution >= 4 is 22.7 Å². The molecule has 0 amide bonds.